The molecule has 0 heterocycles. The van der Waals surface area contributed by atoms with Crippen LogP contribution in [0.15, 0.2) is 0 Å². The molecule has 1 atom stereocenters. The number of nitrogens with one attached hydrogen (secondary N) is 1. The maximum Gasteiger partial charge on any atom is 0.325 e. The van der Waals surface area contributed by atoms with Gasteiger partial charge < -0.3 is 10.1 Å². The van der Waals surface area contributed by atoms with Crippen LogP contribution in [0.25, 0.3) is 0 Å². The minimum Gasteiger partial charge on any atom is -0.468 e. The van der Waals surface area contributed by atoms with Gasteiger partial charge in [0.15, 0.2) is 0 Å². The molecule has 6 heteroatoms. The van der Waals surface area contributed by atoms with E-state index in [0.29, 0.717) is 6.42 Å². The first kappa shape index (κ1) is 10.6. The maximum absolute atomic E-state index is 11.2. The monoisotopic (exact) mass is 225 g/mol. The molecule has 0 aliphatic heterocycles. The molecule has 74 valence electrons. The number of hydrogen-bond acceptors (Lipinski definition) is 3. The lowest BCUT2D eigenvalue weighted by Gasteiger charge is -2.02. The van der Waals surface area contributed by atoms with Crippen LogP contribution in [-0.2, 0) is 14.3 Å². The summed E-state index contributed by atoms with van der Waals surface area (Å²) in [5.74, 6) is -1.21. The van der Waals surface area contributed by atoms with Crippen LogP contribution in [0.3, 0.4) is 0 Å². The Kier molecular flexibility index (Phi) is 3.03. The number of carbonyl (C=O) groups is 2. The van der Waals surface area contributed by atoms with Crippen molar-refractivity contribution in [3.8, 4) is 0 Å². The highest BCUT2D eigenvalue weighted by atomic mass is 35.5. The molecule has 1 N–H and O–H groups in total. The number of carbonyl (C=O) groups excluding carboxylic acids is 2. The van der Waals surface area contributed by atoms with E-state index < -0.39 is 16.2 Å². The summed E-state index contributed by atoms with van der Waals surface area (Å²) >= 11 is 11.3. The van der Waals surface area contributed by atoms with Crippen LogP contribution in [-0.4, -0.2) is 29.9 Å². The van der Waals surface area contributed by atoms with Crippen LogP contribution in [0, 0.1) is 5.92 Å². The summed E-state index contributed by atoms with van der Waals surface area (Å²) in [6.45, 7) is -0.143. The first-order chi connectivity index (χ1) is 5.97. The molecule has 1 fully saturated rings. The number of halogens is 2. The second-order valence-electron chi connectivity index (χ2n) is 2.81. The number of hydrogen-bond donors (Lipinski definition) is 1. The topological polar surface area (TPSA) is 55.4 Å². The Bertz CT molecular complexity index is 242. The standard InChI is InChI=1S/C7H9Cl2NO3/c1-13-5(11)3-10-6(12)4-2-7(4,8)9/h4H,2-3H2,1H3,(H,10,12)/t4-/m1/s1. The van der Waals surface area contributed by atoms with Gasteiger partial charge in [0.1, 0.15) is 10.9 Å². The van der Waals surface area contributed by atoms with Gasteiger partial charge in [0, 0.05) is 0 Å². The molecule has 1 amide bonds. The third-order valence-corrected chi connectivity index (χ3v) is 2.61. The summed E-state index contributed by atoms with van der Waals surface area (Å²) in [6.07, 6.45) is 0.434. The van der Waals surface area contributed by atoms with Crippen molar-refractivity contribution in [3.63, 3.8) is 0 Å². The molecule has 1 aliphatic carbocycles. The van der Waals surface area contributed by atoms with Crippen LogP contribution >= 0.6 is 23.2 Å². The molecule has 1 saturated carbocycles. The van der Waals surface area contributed by atoms with Crippen molar-refractivity contribution in [3.05, 3.63) is 0 Å². The Labute approximate surface area is 85.5 Å². The number of alkyl halides is 2. The largest absolute Gasteiger partial charge is 0.468 e. The second-order valence-corrected chi connectivity index (χ2v) is 4.35. The van der Waals surface area contributed by atoms with Crippen molar-refractivity contribution in [1.29, 1.82) is 0 Å². The third-order valence-electron chi connectivity index (χ3n) is 1.78. The van der Waals surface area contributed by atoms with Gasteiger partial charge in [-0.25, -0.2) is 0 Å². The zero-order valence-corrected chi connectivity index (χ0v) is 8.48. The Morgan fingerprint density at radius 2 is 2.15 bits per heavy atom. The Morgan fingerprint density at radius 3 is 2.54 bits per heavy atom. The predicted molar refractivity (Wildman–Crippen MR) is 47.6 cm³/mol. The normalized spacial score (nSPS) is 23.5. The van der Waals surface area contributed by atoms with Crippen molar-refractivity contribution in [2.45, 2.75) is 10.8 Å². The van der Waals surface area contributed by atoms with Gasteiger partial charge in [0.2, 0.25) is 5.91 Å². The van der Waals surface area contributed by atoms with Gasteiger partial charge >= 0.3 is 5.97 Å². The van der Waals surface area contributed by atoms with E-state index in [-0.39, 0.29) is 12.5 Å². The van der Waals surface area contributed by atoms with Crippen molar-refractivity contribution < 1.29 is 14.3 Å². The summed E-state index contributed by atoms with van der Waals surface area (Å²) in [7, 11) is 1.25. The highest BCUT2D eigenvalue weighted by Crippen LogP contribution is 2.53. The number of rotatable bonds is 3. The highest BCUT2D eigenvalue weighted by Gasteiger charge is 2.56. The fraction of sp³-hybridized carbons (Fsp3) is 0.714. The van der Waals surface area contributed by atoms with Crippen LogP contribution in [0.5, 0.6) is 0 Å². The van der Waals surface area contributed by atoms with E-state index in [1.54, 1.807) is 0 Å². The minimum atomic E-state index is -0.944. The molecule has 4 nitrogen and oxygen atoms in total. The molecule has 0 saturated heterocycles. The van der Waals surface area contributed by atoms with Gasteiger partial charge in [-0.05, 0) is 6.42 Å². The average Bonchev–Trinajstić information content (AvgIpc) is 2.70. The number of esters is 1. The van der Waals surface area contributed by atoms with Gasteiger partial charge in [-0.1, -0.05) is 0 Å². The van der Waals surface area contributed by atoms with E-state index in [1.807, 2.05) is 0 Å². The lowest BCUT2D eigenvalue weighted by molar-refractivity contribution is -0.141. The van der Waals surface area contributed by atoms with Crippen molar-refractivity contribution >= 4 is 35.1 Å². The quantitative estimate of drug-likeness (QED) is 0.562. The fourth-order valence-corrected chi connectivity index (χ4v) is 1.36. The lowest BCUT2D eigenvalue weighted by atomic mass is 10.4. The first-order valence-electron chi connectivity index (χ1n) is 3.69. The van der Waals surface area contributed by atoms with Gasteiger partial charge in [-0.3, -0.25) is 9.59 Å². The second kappa shape index (κ2) is 3.72. The number of amides is 1. The predicted octanol–water partition coefficient (Wildman–Crippen LogP) is 0.469. The molecule has 0 aromatic rings. The van der Waals surface area contributed by atoms with Gasteiger partial charge in [-0.15, -0.1) is 23.2 Å². The maximum atomic E-state index is 11.2. The molecular weight excluding hydrogens is 217 g/mol. The van der Waals surface area contributed by atoms with E-state index in [2.05, 4.69) is 10.1 Å². The first-order valence-corrected chi connectivity index (χ1v) is 4.45. The molecule has 0 aromatic heterocycles. The van der Waals surface area contributed by atoms with Crippen LogP contribution in [0.1, 0.15) is 6.42 Å². The molecule has 0 spiro atoms. The smallest absolute Gasteiger partial charge is 0.325 e. The molecule has 0 bridgehead atoms. The van der Waals surface area contributed by atoms with E-state index >= 15 is 0 Å². The minimum absolute atomic E-state index is 0.143. The van der Waals surface area contributed by atoms with E-state index in [9.17, 15) is 9.59 Å². The fourth-order valence-electron chi connectivity index (χ4n) is 0.852. The number of methoxy groups -OCH3 is 1. The number of ether oxygens (including phenoxy) is 1. The Balaban J connectivity index is 2.24. The third kappa shape index (κ3) is 2.74. The molecule has 0 aromatic carbocycles. The Hall–Kier alpha value is -0.480. The van der Waals surface area contributed by atoms with Crippen molar-refractivity contribution in [2.75, 3.05) is 13.7 Å². The summed E-state index contributed by atoms with van der Waals surface area (Å²) in [6, 6.07) is 0. The molecule has 1 rings (SSSR count). The van der Waals surface area contributed by atoms with Crippen LogP contribution < -0.4 is 5.32 Å². The van der Waals surface area contributed by atoms with Crippen molar-refractivity contribution in [2.24, 2.45) is 5.92 Å². The SMILES string of the molecule is COC(=O)CNC(=O)[C@H]1CC1(Cl)Cl. The summed E-state index contributed by atoms with van der Waals surface area (Å²) in [4.78, 5) is 21.8. The summed E-state index contributed by atoms with van der Waals surface area (Å²) < 4.78 is 3.39. The molecule has 13 heavy (non-hydrogen) atoms. The van der Waals surface area contributed by atoms with Crippen LogP contribution in [0.4, 0.5) is 0 Å². The van der Waals surface area contributed by atoms with E-state index in [4.69, 9.17) is 23.2 Å². The molecule has 1 aliphatic rings. The van der Waals surface area contributed by atoms with Crippen molar-refractivity contribution in [1.82, 2.24) is 5.32 Å². The summed E-state index contributed by atoms with van der Waals surface area (Å²) in [5.41, 5.74) is 0. The van der Waals surface area contributed by atoms with E-state index in [1.165, 1.54) is 7.11 Å². The Morgan fingerprint density at radius 1 is 1.62 bits per heavy atom. The zero-order chi connectivity index (χ0) is 10.1. The molecular formula is C7H9Cl2NO3. The van der Waals surface area contributed by atoms with E-state index in [0.717, 1.165) is 0 Å². The van der Waals surface area contributed by atoms with Gasteiger partial charge in [-0.2, -0.15) is 0 Å². The lowest BCUT2D eigenvalue weighted by Crippen LogP contribution is -2.32. The van der Waals surface area contributed by atoms with Gasteiger partial charge in [0.25, 0.3) is 0 Å². The average molecular weight is 226 g/mol. The highest BCUT2D eigenvalue weighted by molar-refractivity contribution is 6.52. The zero-order valence-electron chi connectivity index (χ0n) is 6.97. The van der Waals surface area contributed by atoms with Gasteiger partial charge in [0.05, 0.1) is 13.0 Å². The molecule has 0 unspecified atom stereocenters. The molecule has 0 radical (unpaired) electrons. The van der Waals surface area contributed by atoms with Crippen LogP contribution in [0.2, 0.25) is 0 Å². The summed E-state index contributed by atoms with van der Waals surface area (Å²) in [5, 5.41) is 2.37.